The lowest BCUT2D eigenvalue weighted by atomic mass is 9.93. The number of hydrogen-bond acceptors (Lipinski definition) is 1. The molecule has 4 heteroatoms. The average molecular weight is 460 g/mol. The largest absolute Gasteiger partial charge is 0.311 e. The number of para-hydroxylation sites is 1. The summed E-state index contributed by atoms with van der Waals surface area (Å²) in [5.41, 5.74) is 10.7. The van der Waals surface area contributed by atoms with Crippen molar-refractivity contribution in [3.05, 3.63) is 76.4 Å². The van der Waals surface area contributed by atoms with E-state index in [1.54, 1.807) is 0 Å². The molecule has 4 nitrogen and oxygen atoms in total. The average Bonchev–Trinajstić information content (AvgIpc) is 3.14. The third-order valence-electron chi connectivity index (χ3n) is 7.78. The summed E-state index contributed by atoms with van der Waals surface area (Å²) >= 11 is 0. The monoisotopic (exact) mass is 459 g/mol. The molecule has 0 aliphatic rings. The van der Waals surface area contributed by atoms with E-state index >= 15 is 0 Å². The van der Waals surface area contributed by atoms with Crippen molar-refractivity contribution in [3.8, 4) is 0 Å². The molecule has 6 rings (SSSR count). The Balaban J connectivity index is 1.98. The predicted octanol–water partition coefficient (Wildman–Crippen LogP) is 7.19. The first kappa shape index (κ1) is 21.8. The van der Waals surface area contributed by atoms with E-state index in [1.807, 2.05) is 20.2 Å². The summed E-state index contributed by atoms with van der Waals surface area (Å²) in [6, 6.07) is 13.6. The second-order valence-corrected chi connectivity index (χ2v) is 11.1. The van der Waals surface area contributed by atoms with E-state index in [2.05, 4.69) is 85.0 Å². The molecule has 0 fully saturated rings. The molecule has 0 aliphatic carbocycles. The van der Waals surface area contributed by atoms with Crippen LogP contribution in [0.15, 0.2) is 42.7 Å². The maximum atomic E-state index is 7.68. The van der Waals surface area contributed by atoms with Gasteiger partial charge in [-0.3, -0.25) is 0 Å². The number of nitrogens with zero attached hydrogens (tertiary/aromatic N) is 4. The molecular weight excluding hydrogens is 428 g/mol. The fraction of sp³-hybridized carbons (Fsp3) is 0.323. The van der Waals surface area contributed by atoms with Gasteiger partial charge in [0.15, 0.2) is 5.52 Å². The highest BCUT2D eigenvalue weighted by Gasteiger charge is 2.28. The van der Waals surface area contributed by atoms with Gasteiger partial charge >= 0.3 is 0 Å². The van der Waals surface area contributed by atoms with Crippen LogP contribution in [0.3, 0.4) is 0 Å². The molecule has 3 aromatic heterocycles. The number of benzene rings is 3. The van der Waals surface area contributed by atoms with Crippen molar-refractivity contribution in [2.75, 3.05) is 0 Å². The zero-order valence-corrected chi connectivity index (χ0v) is 21.6. The Morgan fingerprint density at radius 3 is 2.54 bits per heavy atom. The van der Waals surface area contributed by atoms with Crippen LogP contribution in [-0.4, -0.2) is 14.9 Å². The third kappa shape index (κ3) is 2.91. The minimum Gasteiger partial charge on any atom is -0.311 e. The normalized spacial score (nSPS) is 12.8. The van der Waals surface area contributed by atoms with Crippen LogP contribution in [0.25, 0.3) is 54.0 Å². The Bertz CT molecular complexity index is 1860. The van der Waals surface area contributed by atoms with Crippen LogP contribution in [0.2, 0.25) is 0 Å². The molecule has 174 valence electrons. The van der Waals surface area contributed by atoms with Crippen LogP contribution in [0, 0.1) is 20.4 Å². The van der Waals surface area contributed by atoms with Crippen LogP contribution in [0.1, 0.15) is 55.9 Å². The van der Waals surface area contributed by atoms with E-state index in [9.17, 15) is 0 Å². The first-order chi connectivity index (χ1) is 16.6. The molecule has 3 aromatic carbocycles. The molecule has 0 bridgehead atoms. The van der Waals surface area contributed by atoms with Gasteiger partial charge in [0.05, 0.1) is 40.8 Å². The van der Waals surface area contributed by atoms with Gasteiger partial charge in [0.25, 0.3) is 6.33 Å². The second kappa shape index (κ2) is 7.15. The number of aryl methyl sites for hydroxylation is 3. The Kier molecular flexibility index (Phi) is 4.45. The van der Waals surface area contributed by atoms with Crippen molar-refractivity contribution in [3.63, 3.8) is 0 Å². The summed E-state index contributed by atoms with van der Waals surface area (Å²) in [5.74, 6) is 0.399. The fourth-order valence-electron chi connectivity index (χ4n) is 5.99. The van der Waals surface area contributed by atoms with Crippen LogP contribution < -0.4 is 4.57 Å². The van der Waals surface area contributed by atoms with Gasteiger partial charge < -0.3 is 9.25 Å². The highest BCUT2D eigenvalue weighted by molar-refractivity contribution is 6.26. The zero-order valence-electron chi connectivity index (χ0n) is 21.6. The zero-order chi connectivity index (χ0) is 24.8. The summed E-state index contributed by atoms with van der Waals surface area (Å²) in [4.78, 5) is 8.77. The maximum absolute atomic E-state index is 7.68. The Morgan fingerprint density at radius 1 is 1.06 bits per heavy atom. The van der Waals surface area contributed by atoms with Crippen molar-refractivity contribution in [1.82, 2.24) is 9.38 Å². The molecule has 0 atom stereocenters. The SMILES string of the molecule is [C-]#[N+]C(C)(C)Cc1cc2nc[n+](C)c3c4c(C)c(C)cc5c6cccc(C(C)C)c6n(c(c1)c23)c54. The molecule has 0 unspecified atom stereocenters. The van der Waals surface area contributed by atoms with E-state index in [0.717, 1.165) is 11.1 Å². The summed E-state index contributed by atoms with van der Waals surface area (Å²) < 4.78 is 4.69. The highest BCUT2D eigenvalue weighted by Crippen LogP contribution is 2.43. The summed E-state index contributed by atoms with van der Waals surface area (Å²) in [6.07, 6.45) is 2.63. The standard InChI is InChI=1S/C31H31N4/c1-17(2)21-10-9-11-22-23-12-18(3)19(4)26-29(23)35(28(21)22)25-14-20(15-31(5,6)32-7)13-24-27(25)30(26)34(8)16-33-24/h9-14,16-17H,15H2,1-6,8H3/q+1. The lowest BCUT2D eigenvalue weighted by Gasteiger charge is -2.17. The smallest absolute Gasteiger partial charge is 0.287 e. The van der Waals surface area contributed by atoms with E-state index in [4.69, 9.17) is 11.6 Å². The third-order valence-corrected chi connectivity index (χ3v) is 7.78. The first-order valence-corrected chi connectivity index (χ1v) is 12.4. The Labute approximate surface area is 206 Å². The van der Waals surface area contributed by atoms with E-state index < -0.39 is 5.54 Å². The molecule has 0 aliphatic heterocycles. The van der Waals surface area contributed by atoms with Gasteiger partial charge in [0, 0.05) is 24.6 Å². The molecule has 0 saturated carbocycles. The Morgan fingerprint density at radius 2 is 1.83 bits per heavy atom. The van der Waals surface area contributed by atoms with Gasteiger partial charge in [0.1, 0.15) is 5.52 Å². The highest BCUT2D eigenvalue weighted by atomic mass is 15.0. The summed E-state index contributed by atoms with van der Waals surface area (Å²) in [5, 5.41) is 5.11. The van der Waals surface area contributed by atoms with Crippen LogP contribution >= 0.6 is 0 Å². The number of pyridine rings is 1. The van der Waals surface area contributed by atoms with Crippen molar-refractivity contribution < 1.29 is 4.57 Å². The molecule has 0 saturated heterocycles. The van der Waals surface area contributed by atoms with Gasteiger partial charge in [-0.25, -0.2) is 11.1 Å². The molecule has 0 N–H and O–H groups in total. The lowest BCUT2D eigenvalue weighted by Crippen LogP contribution is -2.30. The van der Waals surface area contributed by atoms with Crippen molar-refractivity contribution in [2.24, 2.45) is 7.05 Å². The topological polar surface area (TPSA) is 25.5 Å². The van der Waals surface area contributed by atoms with Gasteiger partial charge in [0.2, 0.25) is 5.54 Å². The number of fused-ring (bicyclic) bond motifs is 5. The number of rotatable bonds is 3. The van der Waals surface area contributed by atoms with E-state index in [1.165, 1.54) is 60.3 Å². The molecule has 0 radical (unpaired) electrons. The summed E-state index contributed by atoms with van der Waals surface area (Å²) in [6.45, 7) is 20.7. The van der Waals surface area contributed by atoms with Gasteiger partial charge in [-0.05, 0) is 65.2 Å². The van der Waals surface area contributed by atoms with Gasteiger partial charge in [-0.1, -0.05) is 32.0 Å². The van der Waals surface area contributed by atoms with Crippen molar-refractivity contribution in [2.45, 2.75) is 59.4 Å². The minimum atomic E-state index is -0.458. The van der Waals surface area contributed by atoms with Gasteiger partial charge in [-0.2, -0.15) is 0 Å². The summed E-state index contributed by atoms with van der Waals surface area (Å²) in [7, 11) is 2.10. The van der Waals surface area contributed by atoms with Crippen LogP contribution in [-0.2, 0) is 13.5 Å². The fourth-order valence-corrected chi connectivity index (χ4v) is 5.99. The molecule has 6 aromatic rings. The minimum absolute atomic E-state index is 0.399. The lowest BCUT2D eigenvalue weighted by molar-refractivity contribution is -0.646. The van der Waals surface area contributed by atoms with Gasteiger partial charge in [-0.15, -0.1) is 0 Å². The quantitative estimate of drug-likeness (QED) is 0.119. The van der Waals surface area contributed by atoms with Crippen LogP contribution in [0.5, 0.6) is 0 Å². The van der Waals surface area contributed by atoms with E-state index in [-0.39, 0.29) is 0 Å². The van der Waals surface area contributed by atoms with E-state index in [0.29, 0.717) is 12.3 Å². The molecule has 3 heterocycles. The predicted molar refractivity (Wildman–Crippen MR) is 146 cm³/mol. The van der Waals surface area contributed by atoms with Crippen molar-refractivity contribution >= 4 is 49.1 Å². The molecule has 0 amide bonds. The van der Waals surface area contributed by atoms with Crippen molar-refractivity contribution in [1.29, 1.82) is 0 Å². The molecular formula is C31H31N4+. The number of aromatic nitrogens is 3. The molecule has 35 heavy (non-hydrogen) atoms. The first-order valence-electron chi connectivity index (χ1n) is 12.4. The number of hydrogen-bond donors (Lipinski definition) is 0. The second-order valence-electron chi connectivity index (χ2n) is 11.1. The molecule has 0 spiro atoms. The van der Waals surface area contributed by atoms with Crippen LogP contribution in [0.4, 0.5) is 0 Å². The Hall–Kier alpha value is -3.71. The maximum Gasteiger partial charge on any atom is 0.287 e.